The molecule has 0 aromatic heterocycles. The molecular formula is C18H20N4O6S. The highest BCUT2D eigenvalue weighted by atomic mass is 32.2. The van der Waals surface area contributed by atoms with E-state index in [1.165, 1.54) is 56.4 Å². The van der Waals surface area contributed by atoms with E-state index in [4.69, 9.17) is 0 Å². The molecule has 2 aromatic rings. The van der Waals surface area contributed by atoms with E-state index in [9.17, 15) is 28.1 Å². The van der Waals surface area contributed by atoms with Crippen molar-refractivity contribution in [2.75, 3.05) is 24.2 Å². The number of hydrogen-bond donors (Lipinski definition) is 2. The van der Waals surface area contributed by atoms with Crippen LogP contribution in [0.5, 0.6) is 0 Å². The van der Waals surface area contributed by atoms with Gasteiger partial charge in [-0.15, -0.1) is 0 Å². The second-order valence-electron chi connectivity index (χ2n) is 6.27. The molecule has 0 unspecified atom stereocenters. The molecule has 0 aliphatic heterocycles. The SMILES string of the molecule is CC(=O)Nc1ccc(S(=O)(=O)N(C)CC(=O)Nc2cc([N+](=O)[O-])ccc2C)cc1. The monoisotopic (exact) mass is 420 g/mol. The molecule has 0 heterocycles. The van der Waals surface area contributed by atoms with Gasteiger partial charge in [-0.3, -0.25) is 19.7 Å². The Morgan fingerprint density at radius 1 is 1.10 bits per heavy atom. The Bertz CT molecular complexity index is 1050. The standard InChI is InChI=1S/C18H20N4O6S/c1-12-4-7-15(22(25)26)10-17(12)20-18(24)11-21(3)29(27,28)16-8-5-14(6-9-16)19-13(2)23/h4-10H,11H2,1-3H3,(H,19,23)(H,20,24). The van der Waals surface area contributed by atoms with Crippen LogP contribution >= 0.6 is 0 Å². The number of nitrogens with one attached hydrogen (secondary N) is 2. The molecule has 0 saturated heterocycles. The van der Waals surface area contributed by atoms with Gasteiger partial charge in [0.05, 0.1) is 22.1 Å². The molecule has 29 heavy (non-hydrogen) atoms. The Morgan fingerprint density at radius 3 is 2.28 bits per heavy atom. The third kappa shape index (κ3) is 5.59. The molecule has 2 aromatic carbocycles. The van der Waals surface area contributed by atoms with Gasteiger partial charge in [-0.1, -0.05) is 6.07 Å². The fourth-order valence-corrected chi connectivity index (χ4v) is 3.56. The molecule has 0 bridgehead atoms. The van der Waals surface area contributed by atoms with Crippen molar-refractivity contribution in [1.82, 2.24) is 4.31 Å². The first kappa shape index (κ1) is 22.0. The topological polar surface area (TPSA) is 139 Å². The maximum absolute atomic E-state index is 12.6. The quantitative estimate of drug-likeness (QED) is 0.520. The van der Waals surface area contributed by atoms with Crippen molar-refractivity contribution in [3.8, 4) is 0 Å². The summed E-state index contributed by atoms with van der Waals surface area (Å²) in [4.78, 5) is 33.6. The zero-order chi connectivity index (χ0) is 21.8. The predicted octanol–water partition coefficient (Wildman–Crippen LogP) is 2.12. The van der Waals surface area contributed by atoms with Crippen LogP contribution in [0.1, 0.15) is 12.5 Å². The van der Waals surface area contributed by atoms with Crippen LogP contribution < -0.4 is 10.6 Å². The fraction of sp³-hybridized carbons (Fsp3) is 0.222. The van der Waals surface area contributed by atoms with Gasteiger partial charge < -0.3 is 10.6 Å². The number of nitro groups is 1. The maximum Gasteiger partial charge on any atom is 0.271 e. The third-order valence-corrected chi connectivity index (χ3v) is 5.77. The van der Waals surface area contributed by atoms with E-state index in [0.29, 0.717) is 11.3 Å². The van der Waals surface area contributed by atoms with Gasteiger partial charge in [-0.25, -0.2) is 8.42 Å². The molecule has 2 rings (SSSR count). The molecule has 0 spiro atoms. The highest BCUT2D eigenvalue weighted by Gasteiger charge is 2.23. The largest absolute Gasteiger partial charge is 0.326 e. The van der Waals surface area contributed by atoms with E-state index in [1.54, 1.807) is 6.92 Å². The maximum atomic E-state index is 12.6. The Labute approximate surface area is 167 Å². The van der Waals surface area contributed by atoms with Gasteiger partial charge in [0.25, 0.3) is 5.69 Å². The summed E-state index contributed by atoms with van der Waals surface area (Å²) in [7, 11) is -2.70. The number of carbonyl (C=O) groups excluding carboxylic acids is 2. The van der Waals surface area contributed by atoms with Gasteiger partial charge in [0.2, 0.25) is 21.8 Å². The van der Waals surface area contributed by atoms with Gasteiger partial charge in [0.15, 0.2) is 0 Å². The predicted molar refractivity (Wildman–Crippen MR) is 107 cm³/mol. The Kier molecular flexibility index (Phi) is 6.67. The smallest absolute Gasteiger partial charge is 0.271 e. The first-order chi connectivity index (χ1) is 13.5. The van der Waals surface area contributed by atoms with Crippen LogP contribution in [0.15, 0.2) is 47.4 Å². The summed E-state index contributed by atoms with van der Waals surface area (Å²) in [6, 6.07) is 9.53. The molecule has 0 aliphatic rings. The first-order valence-corrected chi connectivity index (χ1v) is 9.83. The summed E-state index contributed by atoms with van der Waals surface area (Å²) < 4.78 is 26.1. The molecule has 0 fully saturated rings. The summed E-state index contributed by atoms with van der Waals surface area (Å²) in [5, 5.41) is 15.9. The minimum Gasteiger partial charge on any atom is -0.326 e. The lowest BCUT2D eigenvalue weighted by atomic mass is 10.2. The lowest BCUT2D eigenvalue weighted by Crippen LogP contribution is -2.35. The van der Waals surface area contributed by atoms with E-state index < -0.39 is 27.4 Å². The Morgan fingerprint density at radius 2 is 1.72 bits per heavy atom. The molecule has 2 N–H and O–H groups in total. The van der Waals surface area contributed by atoms with Crippen molar-refractivity contribution >= 4 is 38.9 Å². The van der Waals surface area contributed by atoms with Gasteiger partial charge >= 0.3 is 0 Å². The zero-order valence-corrected chi connectivity index (χ0v) is 16.8. The van der Waals surface area contributed by atoms with Crippen LogP contribution in [0, 0.1) is 17.0 Å². The van der Waals surface area contributed by atoms with E-state index in [1.807, 2.05) is 0 Å². The molecule has 0 aliphatic carbocycles. The van der Waals surface area contributed by atoms with E-state index in [2.05, 4.69) is 10.6 Å². The average Bonchev–Trinajstić information content (AvgIpc) is 2.63. The molecule has 2 amide bonds. The number of hydrogen-bond acceptors (Lipinski definition) is 6. The third-order valence-electron chi connectivity index (χ3n) is 3.96. The fourth-order valence-electron chi connectivity index (χ4n) is 2.43. The number of benzene rings is 2. The highest BCUT2D eigenvalue weighted by Crippen LogP contribution is 2.22. The van der Waals surface area contributed by atoms with Gasteiger partial charge in [-0.2, -0.15) is 4.31 Å². The van der Waals surface area contributed by atoms with Crippen LogP contribution in [0.25, 0.3) is 0 Å². The molecular weight excluding hydrogens is 400 g/mol. The number of aryl methyl sites for hydroxylation is 1. The number of non-ortho nitro benzene ring substituents is 1. The van der Waals surface area contributed by atoms with E-state index in [0.717, 1.165) is 4.31 Å². The van der Waals surface area contributed by atoms with Crippen LogP contribution in [0.3, 0.4) is 0 Å². The van der Waals surface area contributed by atoms with Crippen molar-refractivity contribution in [2.24, 2.45) is 0 Å². The number of carbonyl (C=O) groups is 2. The molecule has 10 nitrogen and oxygen atoms in total. The number of nitro benzene ring substituents is 1. The molecule has 0 saturated carbocycles. The summed E-state index contributed by atoms with van der Waals surface area (Å²) >= 11 is 0. The molecule has 154 valence electrons. The number of sulfonamides is 1. The lowest BCUT2D eigenvalue weighted by Gasteiger charge is -2.17. The van der Waals surface area contributed by atoms with E-state index in [-0.39, 0.29) is 22.2 Å². The first-order valence-electron chi connectivity index (χ1n) is 8.39. The minimum atomic E-state index is -3.95. The second-order valence-corrected chi connectivity index (χ2v) is 8.32. The summed E-state index contributed by atoms with van der Waals surface area (Å²) in [5.74, 6) is -0.930. The number of rotatable bonds is 7. The van der Waals surface area contributed by atoms with Crippen LogP contribution in [0.4, 0.5) is 17.1 Å². The normalized spacial score (nSPS) is 11.2. The van der Waals surface area contributed by atoms with Gasteiger partial charge in [0, 0.05) is 31.8 Å². The number of nitrogens with zero attached hydrogens (tertiary/aromatic N) is 2. The average molecular weight is 420 g/mol. The number of anilines is 2. The summed E-state index contributed by atoms with van der Waals surface area (Å²) in [5.41, 5.74) is 1.09. The number of amides is 2. The highest BCUT2D eigenvalue weighted by molar-refractivity contribution is 7.89. The van der Waals surface area contributed by atoms with Gasteiger partial charge in [0.1, 0.15) is 0 Å². The Hall–Kier alpha value is -3.31. The van der Waals surface area contributed by atoms with E-state index >= 15 is 0 Å². The van der Waals surface area contributed by atoms with Crippen molar-refractivity contribution in [1.29, 1.82) is 0 Å². The summed E-state index contributed by atoms with van der Waals surface area (Å²) in [6.45, 7) is 2.51. The van der Waals surface area contributed by atoms with Crippen LogP contribution in [-0.2, 0) is 19.6 Å². The van der Waals surface area contributed by atoms with Crippen molar-refractivity contribution in [3.63, 3.8) is 0 Å². The van der Waals surface area contributed by atoms with Crippen molar-refractivity contribution in [2.45, 2.75) is 18.7 Å². The van der Waals surface area contributed by atoms with Gasteiger partial charge in [-0.05, 0) is 36.8 Å². The molecule has 11 heteroatoms. The minimum absolute atomic E-state index is 0.0477. The molecule has 0 atom stereocenters. The lowest BCUT2D eigenvalue weighted by molar-refractivity contribution is -0.384. The van der Waals surface area contributed by atoms with Crippen molar-refractivity contribution < 1.29 is 22.9 Å². The van der Waals surface area contributed by atoms with Crippen molar-refractivity contribution in [3.05, 3.63) is 58.1 Å². The zero-order valence-electron chi connectivity index (χ0n) is 16.0. The summed E-state index contributed by atoms with van der Waals surface area (Å²) in [6.07, 6.45) is 0. The second kappa shape index (κ2) is 8.80. The van der Waals surface area contributed by atoms with Crippen LogP contribution in [0.2, 0.25) is 0 Å². The Balaban J connectivity index is 2.11. The number of likely N-dealkylation sites (N-methyl/N-ethyl adjacent to an activating group) is 1. The molecule has 0 radical (unpaired) electrons. The van der Waals surface area contributed by atoms with Crippen LogP contribution in [-0.4, -0.2) is 43.1 Å².